The summed E-state index contributed by atoms with van der Waals surface area (Å²) in [6.45, 7) is 4.33. The Labute approximate surface area is 113 Å². The Balaban J connectivity index is 2.24. The van der Waals surface area contributed by atoms with Crippen LogP contribution in [0.5, 0.6) is 0 Å². The second-order valence-electron chi connectivity index (χ2n) is 4.82. The third kappa shape index (κ3) is 3.05. The molecule has 0 unspecified atom stereocenters. The molecule has 0 saturated heterocycles. The molecule has 0 aliphatic carbocycles. The molecule has 2 aromatic rings. The number of nitriles is 1. The molecule has 96 valence electrons. The Morgan fingerprint density at radius 1 is 1.11 bits per heavy atom. The van der Waals surface area contributed by atoms with Gasteiger partial charge in [0.1, 0.15) is 6.07 Å². The minimum Gasteiger partial charge on any atom is -0.398 e. The van der Waals surface area contributed by atoms with Crippen LogP contribution in [-0.4, -0.2) is 0 Å². The molecule has 0 amide bonds. The lowest BCUT2D eigenvalue weighted by molar-refractivity contribution is 0.867. The van der Waals surface area contributed by atoms with Gasteiger partial charge >= 0.3 is 0 Å². The smallest absolute Gasteiger partial charge is 0.101 e. The van der Waals surface area contributed by atoms with Crippen LogP contribution in [-0.2, 0) is 0 Å². The first-order valence-electron chi connectivity index (χ1n) is 6.27. The summed E-state index contributed by atoms with van der Waals surface area (Å²) in [5.41, 5.74) is 9.99. The van der Waals surface area contributed by atoms with Gasteiger partial charge in [0.05, 0.1) is 11.3 Å². The van der Waals surface area contributed by atoms with E-state index < -0.39 is 0 Å². The molecule has 0 radical (unpaired) electrons. The molecule has 2 aromatic carbocycles. The van der Waals surface area contributed by atoms with Crippen molar-refractivity contribution in [3.05, 3.63) is 53.6 Å². The van der Waals surface area contributed by atoms with Crippen LogP contribution in [0.4, 0.5) is 17.1 Å². The average Bonchev–Trinajstić information content (AvgIpc) is 2.39. The van der Waals surface area contributed by atoms with Crippen molar-refractivity contribution in [2.45, 2.75) is 19.8 Å². The van der Waals surface area contributed by atoms with Gasteiger partial charge in [-0.05, 0) is 41.8 Å². The van der Waals surface area contributed by atoms with Gasteiger partial charge in [-0.25, -0.2) is 0 Å². The summed E-state index contributed by atoms with van der Waals surface area (Å²) in [6.07, 6.45) is 0. The summed E-state index contributed by atoms with van der Waals surface area (Å²) >= 11 is 0. The molecular weight excluding hydrogens is 234 g/mol. The predicted octanol–water partition coefficient (Wildman–Crippen LogP) is 4.01. The van der Waals surface area contributed by atoms with Crippen LogP contribution in [0.3, 0.4) is 0 Å². The Hall–Kier alpha value is -2.47. The molecule has 0 aromatic heterocycles. The van der Waals surface area contributed by atoms with Gasteiger partial charge in [-0.15, -0.1) is 0 Å². The van der Waals surface area contributed by atoms with E-state index in [4.69, 9.17) is 11.0 Å². The van der Waals surface area contributed by atoms with Crippen molar-refractivity contribution in [2.75, 3.05) is 11.1 Å². The minimum absolute atomic E-state index is 0.493. The molecule has 0 aliphatic rings. The van der Waals surface area contributed by atoms with Crippen molar-refractivity contribution >= 4 is 17.1 Å². The van der Waals surface area contributed by atoms with Crippen LogP contribution in [0.25, 0.3) is 0 Å². The van der Waals surface area contributed by atoms with E-state index in [2.05, 4.69) is 37.4 Å². The van der Waals surface area contributed by atoms with Gasteiger partial charge in [-0.1, -0.05) is 26.0 Å². The number of rotatable bonds is 3. The summed E-state index contributed by atoms with van der Waals surface area (Å²) in [7, 11) is 0. The zero-order chi connectivity index (χ0) is 13.8. The molecule has 3 heteroatoms. The van der Waals surface area contributed by atoms with E-state index >= 15 is 0 Å². The number of hydrogen-bond acceptors (Lipinski definition) is 3. The largest absolute Gasteiger partial charge is 0.398 e. The van der Waals surface area contributed by atoms with Gasteiger partial charge in [0.15, 0.2) is 0 Å². The second kappa shape index (κ2) is 5.45. The molecule has 0 aliphatic heterocycles. The minimum atomic E-state index is 0.493. The normalized spacial score (nSPS) is 10.2. The van der Waals surface area contributed by atoms with Gasteiger partial charge in [0.2, 0.25) is 0 Å². The Morgan fingerprint density at radius 2 is 1.84 bits per heavy atom. The number of benzene rings is 2. The Bertz CT molecular complexity index is 624. The van der Waals surface area contributed by atoms with E-state index in [0.29, 0.717) is 17.2 Å². The van der Waals surface area contributed by atoms with E-state index in [-0.39, 0.29) is 0 Å². The molecule has 0 atom stereocenters. The molecule has 0 fully saturated rings. The standard InChI is InChI=1S/C16H17N3/c1-11(2)12-4-3-5-14(8-12)19-15-7-6-13(10-17)16(18)9-15/h3-9,11,19H,18H2,1-2H3. The van der Waals surface area contributed by atoms with Crippen molar-refractivity contribution < 1.29 is 0 Å². The number of hydrogen-bond donors (Lipinski definition) is 2. The van der Waals surface area contributed by atoms with E-state index in [1.807, 2.05) is 18.2 Å². The number of nitrogens with one attached hydrogen (secondary N) is 1. The topological polar surface area (TPSA) is 61.8 Å². The molecule has 3 nitrogen and oxygen atoms in total. The van der Waals surface area contributed by atoms with E-state index in [0.717, 1.165) is 11.4 Å². The Morgan fingerprint density at radius 3 is 2.47 bits per heavy atom. The lowest BCUT2D eigenvalue weighted by atomic mass is 10.0. The fraction of sp³-hybridized carbons (Fsp3) is 0.188. The monoisotopic (exact) mass is 251 g/mol. The number of nitrogens with two attached hydrogens (primary N) is 1. The number of nitrogens with zero attached hydrogens (tertiary/aromatic N) is 1. The van der Waals surface area contributed by atoms with Crippen molar-refractivity contribution in [3.8, 4) is 6.07 Å². The van der Waals surface area contributed by atoms with Gasteiger partial charge in [0.25, 0.3) is 0 Å². The highest BCUT2D eigenvalue weighted by Crippen LogP contribution is 2.24. The lowest BCUT2D eigenvalue weighted by Gasteiger charge is -2.11. The van der Waals surface area contributed by atoms with Crippen LogP contribution in [0.15, 0.2) is 42.5 Å². The first-order valence-corrected chi connectivity index (χ1v) is 6.27. The van der Waals surface area contributed by atoms with Crippen molar-refractivity contribution in [1.82, 2.24) is 0 Å². The number of anilines is 3. The molecule has 3 N–H and O–H groups in total. The highest BCUT2D eigenvalue weighted by molar-refractivity contribution is 5.68. The third-order valence-electron chi connectivity index (χ3n) is 3.01. The average molecular weight is 251 g/mol. The van der Waals surface area contributed by atoms with Gasteiger partial charge in [-0.3, -0.25) is 0 Å². The summed E-state index contributed by atoms with van der Waals surface area (Å²) in [5.74, 6) is 0.493. The zero-order valence-electron chi connectivity index (χ0n) is 11.1. The van der Waals surface area contributed by atoms with E-state index in [9.17, 15) is 0 Å². The maximum atomic E-state index is 8.85. The predicted molar refractivity (Wildman–Crippen MR) is 79.4 cm³/mol. The molecule has 2 rings (SSSR count). The first kappa shape index (κ1) is 13.0. The van der Waals surface area contributed by atoms with Crippen LogP contribution in [0.1, 0.15) is 30.9 Å². The van der Waals surface area contributed by atoms with Crippen LogP contribution in [0, 0.1) is 11.3 Å². The summed E-state index contributed by atoms with van der Waals surface area (Å²) in [5, 5.41) is 12.1. The highest BCUT2D eigenvalue weighted by Gasteiger charge is 2.03. The lowest BCUT2D eigenvalue weighted by Crippen LogP contribution is -1.96. The van der Waals surface area contributed by atoms with Crippen LogP contribution in [0.2, 0.25) is 0 Å². The van der Waals surface area contributed by atoms with Gasteiger partial charge in [-0.2, -0.15) is 5.26 Å². The van der Waals surface area contributed by atoms with Crippen molar-refractivity contribution in [3.63, 3.8) is 0 Å². The molecule has 0 heterocycles. The van der Waals surface area contributed by atoms with Gasteiger partial charge in [0, 0.05) is 11.4 Å². The SMILES string of the molecule is CC(C)c1cccc(Nc2ccc(C#N)c(N)c2)c1. The Kier molecular flexibility index (Phi) is 3.72. The first-order chi connectivity index (χ1) is 9.10. The fourth-order valence-electron chi connectivity index (χ4n) is 1.88. The van der Waals surface area contributed by atoms with E-state index in [1.54, 1.807) is 12.1 Å². The molecule has 0 bridgehead atoms. The third-order valence-corrected chi connectivity index (χ3v) is 3.01. The quantitative estimate of drug-likeness (QED) is 0.810. The van der Waals surface area contributed by atoms with Gasteiger partial charge < -0.3 is 11.1 Å². The van der Waals surface area contributed by atoms with Crippen LogP contribution < -0.4 is 11.1 Å². The molecular formula is C16H17N3. The van der Waals surface area contributed by atoms with Crippen LogP contribution >= 0.6 is 0 Å². The maximum absolute atomic E-state index is 8.85. The maximum Gasteiger partial charge on any atom is 0.101 e. The summed E-state index contributed by atoms with van der Waals surface area (Å²) in [6, 6.07) is 15.7. The second-order valence-corrected chi connectivity index (χ2v) is 4.82. The molecule has 19 heavy (non-hydrogen) atoms. The van der Waals surface area contributed by atoms with E-state index in [1.165, 1.54) is 5.56 Å². The summed E-state index contributed by atoms with van der Waals surface area (Å²) in [4.78, 5) is 0. The van der Waals surface area contributed by atoms with Crippen molar-refractivity contribution in [1.29, 1.82) is 5.26 Å². The number of nitrogen functional groups attached to an aromatic ring is 1. The summed E-state index contributed by atoms with van der Waals surface area (Å²) < 4.78 is 0. The fourth-order valence-corrected chi connectivity index (χ4v) is 1.88. The highest BCUT2D eigenvalue weighted by atomic mass is 14.9. The zero-order valence-corrected chi connectivity index (χ0v) is 11.1. The molecule has 0 saturated carbocycles. The van der Waals surface area contributed by atoms with Crippen molar-refractivity contribution in [2.24, 2.45) is 0 Å². The molecule has 0 spiro atoms.